The zero-order chi connectivity index (χ0) is 13.7. The van der Waals surface area contributed by atoms with E-state index in [2.05, 4.69) is 36.1 Å². The Morgan fingerprint density at radius 3 is 2.84 bits per heavy atom. The van der Waals surface area contributed by atoms with Gasteiger partial charge in [-0.3, -0.25) is 4.90 Å². The third kappa shape index (κ3) is 4.15. The summed E-state index contributed by atoms with van der Waals surface area (Å²) in [5.41, 5.74) is 0. The number of nitrogens with one attached hydrogen (secondary N) is 1. The Morgan fingerprint density at radius 2 is 2.21 bits per heavy atom. The number of likely N-dealkylation sites (N-methyl/N-ethyl adjacent to an activating group) is 2. The minimum atomic E-state index is 0.583. The van der Waals surface area contributed by atoms with E-state index in [4.69, 9.17) is 4.74 Å². The van der Waals surface area contributed by atoms with Crippen LogP contribution in [0.4, 0.5) is 0 Å². The first-order chi connectivity index (χ1) is 9.24. The number of rotatable bonds is 5. The van der Waals surface area contributed by atoms with Gasteiger partial charge in [0.25, 0.3) is 0 Å². The third-order valence-electron chi connectivity index (χ3n) is 4.83. The van der Waals surface area contributed by atoms with E-state index < -0.39 is 0 Å². The molecule has 2 rings (SSSR count). The fourth-order valence-corrected chi connectivity index (χ4v) is 3.52. The Kier molecular flexibility index (Phi) is 6.07. The van der Waals surface area contributed by atoms with Crippen molar-refractivity contribution >= 4 is 0 Å². The van der Waals surface area contributed by atoms with E-state index in [0.29, 0.717) is 18.0 Å². The average molecular weight is 269 g/mol. The summed E-state index contributed by atoms with van der Waals surface area (Å²) in [7, 11) is 4.36. The maximum atomic E-state index is 5.56. The van der Waals surface area contributed by atoms with Crippen LogP contribution in [0.2, 0.25) is 0 Å². The first-order valence-corrected chi connectivity index (χ1v) is 7.92. The standard InChI is InChI=1S/C15H31N3O/c1-4-14-10-17(3)7-5-8-18(14)11-15(16-2)13-6-9-19-12-13/h13-16H,4-12H2,1-3H3. The van der Waals surface area contributed by atoms with Crippen LogP contribution in [-0.4, -0.2) is 75.4 Å². The molecule has 4 heteroatoms. The molecule has 2 aliphatic heterocycles. The molecule has 19 heavy (non-hydrogen) atoms. The fourth-order valence-electron chi connectivity index (χ4n) is 3.52. The Balaban J connectivity index is 1.93. The topological polar surface area (TPSA) is 27.7 Å². The van der Waals surface area contributed by atoms with Crippen molar-refractivity contribution in [1.29, 1.82) is 0 Å². The molecule has 0 saturated carbocycles. The monoisotopic (exact) mass is 269 g/mol. The van der Waals surface area contributed by atoms with Crippen LogP contribution in [0.25, 0.3) is 0 Å². The molecule has 0 aliphatic carbocycles. The second-order valence-electron chi connectivity index (χ2n) is 6.19. The predicted octanol–water partition coefficient (Wildman–Crippen LogP) is 1.03. The lowest BCUT2D eigenvalue weighted by Crippen LogP contribution is -2.49. The lowest BCUT2D eigenvalue weighted by Gasteiger charge is -2.34. The molecule has 2 saturated heterocycles. The minimum Gasteiger partial charge on any atom is -0.381 e. The molecule has 2 heterocycles. The first kappa shape index (κ1) is 15.2. The second-order valence-corrected chi connectivity index (χ2v) is 6.19. The van der Waals surface area contributed by atoms with Crippen LogP contribution in [0.1, 0.15) is 26.2 Å². The lowest BCUT2D eigenvalue weighted by molar-refractivity contribution is 0.137. The second kappa shape index (κ2) is 7.58. The number of nitrogens with zero attached hydrogens (tertiary/aromatic N) is 2. The van der Waals surface area contributed by atoms with Crippen molar-refractivity contribution in [3.8, 4) is 0 Å². The summed E-state index contributed by atoms with van der Waals surface area (Å²) in [6.07, 6.45) is 3.77. The van der Waals surface area contributed by atoms with Gasteiger partial charge in [-0.15, -0.1) is 0 Å². The molecule has 0 aromatic heterocycles. The molecule has 0 spiro atoms. The van der Waals surface area contributed by atoms with Crippen molar-refractivity contribution in [2.75, 3.05) is 53.5 Å². The van der Waals surface area contributed by atoms with Gasteiger partial charge < -0.3 is 15.0 Å². The average Bonchev–Trinajstić information content (AvgIpc) is 2.88. The summed E-state index contributed by atoms with van der Waals surface area (Å²) < 4.78 is 5.56. The van der Waals surface area contributed by atoms with E-state index in [1.165, 1.54) is 45.4 Å². The van der Waals surface area contributed by atoms with Crippen LogP contribution in [0, 0.1) is 5.92 Å². The first-order valence-electron chi connectivity index (χ1n) is 7.92. The van der Waals surface area contributed by atoms with Crippen molar-refractivity contribution in [1.82, 2.24) is 15.1 Å². The molecule has 3 unspecified atom stereocenters. The van der Waals surface area contributed by atoms with Crippen LogP contribution in [0.15, 0.2) is 0 Å². The van der Waals surface area contributed by atoms with Crippen molar-refractivity contribution in [2.24, 2.45) is 5.92 Å². The van der Waals surface area contributed by atoms with E-state index in [1.54, 1.807) is 0 Å². The summed E-state index contributed by atoms with van der Waals surface area (Å²) in [5.74, 6) is 0.698. The maximum Gasteiger partial charge on any atom is 0.0510 e. The van der Waals surface area contributed by atoms with Crippen molar-refractivity contribution in [3.63, 3.8) is 0 Å². The van der Waals surface area contributed by atoms with Crippen LogP contribution < -0.4 is 5.32 Å². The van der Waals surface area contributed by atoms with Gasteiger partial charge in [-0.25, -0.2) is 0 Å². The Morgan fingerprint density at radius 1 is 1.37 bits per heavy atom. The van der Waals surface area contributed by atoms with Crippen LogP contribution >= 0.6 is 0 Å². The van der Waals surface area contributed by atoms with Gasteiger partial charge in [-0.1, -0.05) is 6.92 Å². The number of hydrogen-bond acceptors (Lipinski definition) is 4. The van der Waals surface area contributed by atoms with E-state index in [9.17, 15) is 0 Å². The van der Waals surface area contributed by atoms with Gasteiger partial charge in [-0.2, -0.15) is 0 Å². The van der Waals surface area contributed by atoms with Crippen molar-refractivity contribution in [2.45, 2.75) is 38.3 Å². The Bertz CT molecular complexity index is 256. The Hall–Kier alpha value is -0.160. The zero-order valence-corrected chi connectivity index (χ0v) is 12.9. The van der Waals surface area contributed by atoms with Crippen LogP contribution in [0.3, 0.4) is 0 Å². The SMILES string of the molecule is CCC1CN(C)CCCN1CC(NC)C1CCOC1. The van der Waals surface area contributed by atoms with E-state index in [1.807, 2.05) is 0 Å². The molecule has 1 N–H and O–H groups in total. The lowest BCUT2D eigenvalue weighted by atomic mass is 9.97. The number of ether oxygens (including phenoxy) is 1. The quantitative estimate of drug-likeness (QED) is 0.807. The van der Waals surface area contributed by atoms with Gasteiger partial charge in [0.1, 0.15) is 0 Å². The highest BCUT2D eigenvalue weighted by molar-refractivity contribution is 4.85. The largest absolute Gasteiger partial charge is 0.381 e. The highest BCUT2D eigenvalue weighted by atomic mass is 16.5. The van der Waals surface area contributed by atoms with E-state index in [0.717, 1.165) is 13.2 Å². The summed E-state index contributed by atoms with van der Waals surface area (Å²) in [5, 5.41) is 3.53. The Labute approximate surface area is 118 Å². The molecule has 3 atom stereocenters. The molecule has 0 aromatic carbocycles. The van der Waals surface area contributed by atoms with Gasteiger partial charge in [-0.05, 0) is 46.4 Å². The maximum absolute atomic E-state index is 5.56. The third-order valence-corrected chi connectivity index (χ3v) is 4.83. The van der Waals surface area contributed by atoms with E-state index in [-0.39, 0.29) is 0 Å². The fraction of sp³-hybridized carbons (Fsp3) is 1.00. The molecular formula is C15H31N3O. The van der Waals surface area contributed by atoms with Crippen LogP contribution in [-0.2, 0) is 4.74 Å². The van der Waals surface area contributed by atoms with Crippen molar-refractivity contribution < 1.29 is 4.74 Å². The molecule has 0 bridgehead atoms. The minimum absolute atomic E-state index is 0.583. The van der Waals surface area contributed by atoms with Crippen molar-refractivity contribution in [3.05, 3.63) is 0 Å². The summed E-state index contributed by atoms with van der Waals surface area (Å²) >= 11 is 0. The normalized spacial score (nSPS) is 32.4. The van der Waals surface area contributed by atoms with Gasteiger partial charge in [0, 0.05) is 37.7 Å². The van der Waals surface area contributed by atoms with Gasteiger partial charge >= 0.3 is 0 Å². The molecule has 2 fully saturated rings. The molecule has 0 amide bonds. The van der Waals surface area contributed by atoms with Gasteiger partial charge in [0.15, 0.2) is 0 Å². The van der Waals surface area contributed by atoms with Gasteiger partial charge in [0.2, 0.25) is 0 Å². The molecule has 4 nitrogen and oxygen atoms in total. The van der Waals surface area contributed by atoms with Gasteiger partial charge in [0.05, 0.1) is 6.61 Å². The predicted molar refractivity (Wildman–Crippen MR) is 79.5 cm³/mol. The van der Waals surface area contributed by atoms with Crippen LogP contribution in [0.5, 0.6) is 0 Å². The summed E-state index contributed by atoms with van der Waals surface area (Å²) in [4.78, 5) is 5.20. The summed E-state index contributed by atoms with van der Waals surface area (Å²) in [6.45, 7) is 9.09. The highest BCUT2D eigenvalue weighted by Gasteiger charge is 2.29. The molecule has 0 radical (unpaired) electrons. The molecule has 112 valence electrons. The zero-order valence-electron chi connectivity index (χ0n) is 12.9. The molecule has 2 aliphatic rings. The molecular weight excluding hydrogens is 238 g/mol. The smallest absolute Gasteiger partial charge is 0.0510 e. The van der Waals surface area contributed by atoms with E-state index >= 15 is 0 Å². The summed E-state index contributed by atoms with van der Waals surface area (Å²) in [6, 6.07) is 1.30. The molecule has 0 aromatic rings. The highest BCUT2D eigenvalue weighted by Crippen LogP contribution is 2.20. The number of hydrogen-bond donors (Lipinski definition) is 1.